The number of nitrogens with one attached hydrogen (secondary N) is 2. The minimum atomic E-state index is -0.254. The number of nitrogens with zero attached hydrogens (tertiary/aromatic N) is 1. The number of para-hydroxylation sites is 1. The van der Waals surface area contributed by atoms with Crippen molar-refractivity contribution in [1.29, 1.82) is 0 Å². The maximum absolute atomic E-state index is 12.0. The van der Waals surface area contributed by atoms with Crippen LogP contribution in [-0.4, -0.2) is 31.8 Å². The lowest BCUT2D eigenvalue weighted by Gasteiger charge is -2.11. The summed E-state index contributed by atoms with van der Waals surface area (Å²) in [4.78, 5) is 16.4. The van der Waals surface area contributed by atoms with Crippen LogP contribution in [0.5, 0.6) is 11.5 Å². The van der Waals surface area contributed by atoms with E-state index in [1.54, 1.807) is 25.6 Å². The quantitative estimate of drug-likeness (QED) is 0.600. The minimum absolute atomic E-state index is 0.254. The number of amides is 2. The van der Waals surface area contributed by atoms with Crippen LogP contribution in [0.1, 0.15) is 5.56 Å². The lowest BCUT2D eigenvalue weighted by molar-refractivity contribution is 0.246. The zero-order chi connectivity index (χ0) is 18.4. The number of urea groups is 1. The van der Waals surface area contributed by atoms with Crippen LogP contribution in [0.2, 0.25) is 0 Å². The highest BCUT2D eigenvalue weighted by Crippen LogP contribution is 2.27. The summed E-state index contributed by atoms with van der Waals surface area (Å²) in [6.45, 7) is 0.482. The molecule has 0 atom stereocenters. The molecule has 8 heteroatoms. The number of thiazole rings is 1. The maximum Gasteiger partial charge on any atom is 0.325 e. The van der Waals surface area contributed by atoms with Crippen LogP contribution in [0.4, 0.5) is 4.79 Å². The molecular formula is C18H19N3O3S2. The van der Waals surface area contributed by atoms with Gasteiger partial charge in [-0.05, 0) is 42.3 Å². The first-order chi connectivity index (χ1) is 12.7. The van der Waals surface area contributed by atoms with E-state index in [0.717, 1.165) is 31.6 Å². The molecule has 0 saturated heterocycles. The first-order valence-corrected chi connectivity index (χ1v) is 9.60. The van der Waals surface area contributed by atoms with Gasteiger partial charge in [-0.3, -0.25) is 4.72 Å². The van der Waals surface area contributed by atoms with Gasteiger partial charge in [0.2, 0.25) is 0 Å². The Morgan fingerprint density at radius 3 is 2.81 bits per heavy atom. The van der Waals surface area contributed by atoms with E-state index in [1.807, 2.05) is 42.5 Å². The van der Waals surface area contributed by atoms with Crippen molar-refractivity contribution in [2.24, 2.45) is 0 Å². The average Bonchev–Trinajstić information content (AvgIpc) is 3.09. The molecule has 0 unspecified atom stereocenters. The predicted molar refractivity (Wildman–Crippen MR) is 105 cm³/mol. The number of hydrogen-bond acceptors (Lipinski definition) is 6. The second-order valence-corrected chi connectivity index (χ2v) is 7.42. The molecule has 0 fully saturated rings. The van der Waals surface area contributed by atoms with Gasteiger partial charge in [-0.1, -0.05) is 12.1 Å². The molecule has 3 aromatic rings. The molecule has 0 radical (unpaired) electrons. The summed E-state index contributed by atoms with van der Waals surface area (Å²) in [6.07, 6.45) is 0.638. The third-order valence-corrected chi connectivity index (χ3v) is 5.56. The smallest absolute Gasteiger partial charge is 0.325 e. The number of hydrogen-bond donors (Lipinski definition) is 2. The van der Waals surface area contributed by atoms with Crippen molar-refractivity contribution in [3.63, 3.8) is 0 Å². The number of carbonyl (C=O) groups is 1. The summed E-state index contributed by atoms with van der Waals surface area (Å²) >= 11 is 2.76. The molecular weight excluding hydrogens is 370 g/mol. The van der Waals surface area contributed by atoms with Crippen molar-refractivity contribution in [1.82, 2.24) is 15.0 Å². The molecule has 0 saturated carbocycles. The third-order valence-electron chi connectivity index (χ3n) is 3.67. The predicted octanol–water partition coefficient (Wildman–Crippen LogP) is 3.86. The molecule has 1 heterocycles. The third kappa shape index (κ3) is 4.59. The first-order valence-electron chi connectivity index (χ1n) is 7.97. The standard InChI is InChI=1S/C18H19N3O3S2/c1-23-13-7-8-15(24-2)12(11-13)9-10-19-17(22)21-26-18-20-14-5-3-4-6-16(14)25-18/h3-8,11H,9-10H2,1-2H3,(H2,19,21,22). The van der Waals surface area contributed by atoms with Crippen molar-refractivity contribution < 1.29 is 14.3 Å². The van der Waals surface area contributed by atoms with Crippen LogP contribution in [0.15, 0.2) is 46.8 Å². The Bertz CT molecular complexity index is 865. The van der Waals surface area contributed by atoms with E-state index < -0.39 is 0 Å². The Kier molecular flexibility index (Phi) is 6.19. The Morgan fingerprint density at radius 1 is 1.19 bits per heavy atom. The number of methoxy groups -OCH3 is 2. The van der Waals surface area contributed by atoms with Crippen molar-refractivity contribution in [2.45, 2.75) is 10.8 Å². The highest BCUT2D eigenvalue weighted by atomic mass is 32.2. The summed E-state index contributed by atoms with van der Waals surface area (Å²) in [5.74, 6) is 1.54. The van der Waals surface area contributed by atoms with Gasteiger partial charge < -0.3 is 14.8 Å². The molecule has 0 aliphatic carbocycles. The largest absolute Gasteiger partial charge is 0.497 e. The van der Waals surface area contributed by atoms with Crippen LogP contribution in [0.25, 0.3) is 10.2 Å². The Morgan fingerprint density at radius 2 is 2.04 bits per heavy atom. The lowest BCUT2D eigenvalue weighted by Crippen LogP contribution is -2.32. The minimum Gasteiger partial charge on any atom is -0.497 e. The zero-order valence-corrected chi connectivity index (χ0v) is 16.1. The van der Waals surface area contributed by atoms with Gasteiger partial charge in [0.15, 0.2) is 4.34 Å². The fourth-order valence-corrected chi connectivity index (χ4v) is 4.06. The van der Waals surface area contributed by atoms with E-state index in [4.69, 9.17) is 9.47 Å². The zero-order valence-electron chi connectivity index (χ0n) is 14.4. The van der Waals surface area contributed by atoms with Gasteiger partial charge in [0.05, 0.1) is 24.4 Å². The van der Waals surface area contributed by atoms with Crippen molar-refractivity contribution in [2.75, 3.05) is 20.8 Å². The SMILES string of the molecule is COc1ccc(OC)c(CCNC(=O)NSc2nc3ccccc3s2)c1. The summed E-state index contributed by atoms with van der Waals surface area (Å²) < 4.78 is 15.2. The number of carbonyl (C=O) groups excluding carboxylic acids is 1. The van der Waals surface area contributed by atoms with Crippen molar-refractivity contribution >= 4 is 39.5 Å². The second kappa shape index (κ2) is 8.77. The summed E-state index contributed by atoms with van der Waals surface area (Å²) in [5, 5.41) is 2.83. The van der Waals surface area contributed by atoms with Crippen molar-refractivity contribution in [3.05, 3.63) is 48.0 Å². The normalized spacial score (nSPS) is 10.5. The van der Waals surface area contributed by atoms with Crippen LogP contribution in [0.3, 0.4) is 0 Å². The van der Waals surface area contributed by atoms with Crippen molar-refractivity contribution in [3.8, 4) is 11.5 Å². The number of aromatic nitrogens is 1. The Balaban J connectivity index is 1.48. The second-order valence-electron chi connectivity index (χ2n) is 5.34. The topological polar surface area (TPSA) is 72.5 Å². The molecule has 2 N–H and O–H groups in total. The molecule has 1 aromatic heterocycles. The summed E-state index contributed by atoms with van der Waals surface area (Å²) in [6, 6.07) is 13.3. The molecule has 2 amide bonds. The van der Waals surface area contributed by atoms with E-state index in [9.17, 15) is 4.79 Å². The van der Waals surface area contributed by atoms with Gasteiger partial charge in [-0.25, -0.2) is 9.78 Å². The van der Waals surface area contributed by atoms with E-state index >= 15 is 0 Å². The molecule has 136 valence electrons. The van der Waals surface area contributed by atoms with E-state index in [1.165, 1.54) is 11.9 Å². The molecule has 0 aliphatic heterocycles. The number of rotatable bonds is 7. The highest BCUT2D eigenvalue weighted by Gasteiger charge is 2.08. The fourth-order valence-electron chi connectivity index (χ4n) is 2.41. The number of fused-ring (bicyclic) bond motifs is 1. The van der Waals surface area contributed by atoms with Crippen LogP contribution in [0, 0.1) is 0 Å². The van der Waals surface area contributed by atoms with Gasteiger partial charge in [0.25, 0.3) is 0 Å². The molecule has 0 spiro atoms. The van der Waals surface area contributed by atoms with E-state index in [0.29, 0.717) is 13.0 Å². The van der Waals surface area contributed by atoms with Gasteiger partial charge in [0, 0.05) is 18.5 Å². The number of ether oxygens (including phenoxy) is 2. The van der Waals surface area contributed by atoms with Crippen LogP contribution in [-0.2, 0) is 6.42 Å². The number of benzene rings is 2. The Hall–Kier alpha value is -2.45. The molecule has 3 rings (SSSR count). The monoisotopic (exact) mass is 389 g/mol. The lowest BCUT2D eigenvalue weighted by atomic mass is 10.1. The van der Waals surface area contributed by atoms with Gasteiger partial charge in [-0.15, -0.1) is 11.3 Å². The molecule has 6 nitrogen and oxygen atoms in total. The van der Waals surface area contributed by atoms with Gasteiger partial charge in [0.1, 0.15) is 11.5 Å². The summed E-state index contributed by atoms with van der Waals surface area (Å²) in [5.41, 5.74) is 1.92. The molecule has 0 aliphatic rings. The maximum atomic E-state index is 12.0. The van der Waals surface area contributed by atoms with Crippen LogP contribution >= 0.6 is 23.3 Å². The highest BCUT2D eigenvalue weighted by molar-refractivity contribution is 7.99. The fraction of sp³-hybridized carbons (Fsp3) is 0.222. The average molecular weight is 390 g/mol. The molecule has 26 heavy (non-hydrogen) atoms. The van der Waals surface area contributed by atoms with Gasteiger partial charge >= 0.3 is 6.03 Å². The first kappa shape index (κ1) is 18.3. The molecule has 2 aromatic carbocycles. The molecule has 0 bridgehead atoms. The van der Waals surface area contributed by atoms with Gasteiger partial charge in [-0.2, -0.15) is 0 Å². The van der Waals surface area contributed by atoms with E-state index in [2.05, 4.69) is 15.0 Å². The van der Waals surface area contributed by atoms with Crippen LogP contribution < -0.4 is 19.5 Å². The van der Waals surface area contributed by atoms with E-state index in [-0.39, 0.29) is 6.03 Å². The summed E-state index contributed by atoms with van der Waals surface area (Å²) in [7, 11) is 3.25. The Labute approximate surface area is 160 Å².